The molecular weight excluding hydrogens is 586 g/mol. The molecule has 0 aliphatic carbocycles. The number of nitrogens with zero attached hydrogens (tertiary/aromatic N) is 3. The first-order chi connectivity index (χ1) is 16.1. The predicted octanol–water partition coefficient (Wildman–Crippen LogP) is 7.17. The van der Waals surface area contributed by atoms with E-state index in [0.717, 1.165) is 24.2 Å². The number of nitrogens with two attached hydrogens (primary N) is 1. The summed E-state index contributed by atoms with van der Waals surface area (Å²) in [6.07, 6.45) is 5.25. The summed E-state index contributed by atoms with van der Waals surface area (Å²) < 4.78 is 4.25. The first-order valence-electron chi connectivity index (χ1n) is 11.3. The molecule has 2 aromatic rings. The van der Waals surface area contributed by atoms with E-state index in [4.69, 9.17) is 5.73 Å². The Kier molecular flexibility index (Phi) is 85.8. The maximum Gasteiger partial charge on any atom is 0.0356 e. The molecule has 0 atom stereocenters. The van der Waals surface area contributed by atoms with Gasteiger partial charge in [0.1, 0.15) is 0 Å². The molecule has 0 bridgehead atoms. The summed E-state index contributed by atoms with van der Waals surface area (Å²) in [5.41, 5.74) is 7.03. The standard InChI is InChI=1S/2C8H8N.C4H9N.C2H7N.C2H6O.2C2H6.2Y/c2*1-9-7-8-5-3-2-4-6-8;1-3-5-4-2;1-2-3;1-3-2;2*1-2;;/h2*2-7H,1H2;3H,4H2,1-2H3;2-3H2,1H3;1-2H3;2*1-2H3;;/q2*-1;;;;;;;. The van der Waals surface area contributed by atoms with Crippen molar-refractivity contribution in [2.45, 2.75) is 48.5 Å². The summed E-state index contributed by atoms with van der Waals surface area (Å²) in [6, 6.07) is 19.7. The molecular formula is C28H50N4OY2-2. The Hall–Kier alpha value is -0.682. The molecule has 196 valence electrons. The second-order valence-corrected chi connectivity index (χ2v) is 5.02. The monoisotopic (exact) mass is 636 g/mol. The molecule has 35 heavy (non-hydrogen) atoms. The van der Waals surface area contributed by atoms with Crippen molar-refractivity contribution in [3.05, 3.63) is 85.9 Å². The summed E-state index contributed by atoms with van der Waals surface area (Å²) in [5.74, 6) is 0. The number of ether oxygens (including phenoxy) is 1. The van der Waals surface area contributed by atoms with Gasteiger partial charge < -0.3 is 20.5 Å². The van der Waals surface area contributed by atoms with Crippen molar-refractivity contribution in [2.75, 3.05) is 27.3 Å². The summed E-state index contributed by atoms with van der Waals surface area (Å²) >= 11 is 0. The van der Waals surface area contributed by atoms with Crippen LogP contribution in [-0.4, -0.2) is 46.0 Å². The Morgan fingerprint density at radius 2 is 1.00 bits per heavy atom. The molecule has 5 nitrogen and oxygen atoms in total. The first kappa shape index (κ1) is 51.0. The first-order valence-corrected chi connectivity index (χ1v) is 11.3. The number of aliphatic imine (C=N–C) groups is 3. The molecule has 0 aliphatic rings. The van der Waals surface area contributed by atoms with Crippen molar-refractivity contribution in [1.29, 1.82) is 0 Å². The topological polar surface area (TPSA) is 72.3 Å². The van der Waals surface area contributed by atoms with Gasteiger partial charge in [0.2, 0.25) is 0 Å². The fourth-order valence-electron chi connectivity index (χ4n) is 1.47. The zero-order valence-corrected chi connectivity index (χ0v) is 29.5. The maximum atomic E-state index is 4.85. The van der Waals surface area contributed by atoms with Crippen LogP contribution >= 0.6 is 0 Å². The molecule has 7 heteroatoms. The van der Waals surface area contributed by atoms with Gasteiger partial charge in [-0.05, 0) is 26.6 Å². The minimum atomic E-state index is 0. The van der Waals surface area contributed by atoms with E-state index in [1.807, 2.05) is 109 Å². The van der Waals surface area contributed by atoms with Crippen LogP contribution in [0.15, 0.2) is 75.6 Å². The fraction of sp³-hybridized carbons (Fsp3) is 0.393. The molecule has 0 aliphatic heterocycles. The van der Waals surface area contributed by atoms with Crippen LogP contribution in [0, 0.1) is 14.1 Å². The predicted molar refractivity (Wildman–Crippen MR) is 154 cm³/mol. The minimum Gasteiger partial charge on any atom is -0.456 e. The van der Waals surface area contributed by atoms with Gasteiger partial charge in [-0.2, -0.15) is 14.1 Å². The molecule has 2 radical (unpaired) electrons. The van der Waals surface area contributed by atoms with Crippen molar-refractivity contribution in [2.24, 2.45) is 20.7 Å². The van der Waals surface area contributed by atoms with Crippen LogP contribution in [0.4, 0.5) is 0 Å². The molecule has 0 heterocycles. The molecule has 0 saturated heterocycles. The van der Waals surface area contributed by atoms with Crippen molar-refractivity contribution < 1.29 is 70.2 Å². The Labute approximate surface area is 268 Å². The van der Waals surface area contributed by atoms with Gasteiger partial charge in [-0.25, -0.2) is 0 Å². The van der Waals surface area contributed by atoms with Gasteiger partial charge in [-0.3, -0.25) is 4.99 Å². The Bertz CT molecular complexity index is 559. The van der Waals surface area contributed by atoms with Gasteiger partial charge in [-0.1, -0.05) is 106 Å². The van der Waals surface area contributed by atoms with E-state index in [1.54, 1.807) is 32.9 Å². The summed E-state index contributed by atoms with van der Waals surface area (Å²) in [4.78, 5) is 11.1. The van der Waals surface area contributed by atoms with E-state index in [0.29, 0.717) is 0 Å². The minimum absolute atomic E-state index is 0. The number of hydrogen-bond acceptors (Lipinski definition) is 5. The summed E-state index contributed by atoms with van der Waals surface area (Å²) in [7, 11) is 9.95. The molecule has 0 aromatic heterocycles. The summed E-state index contributed by atoms with van der Waals surface area (Å²) in [5, 5.41) is 0. The molecule has 0 saturated carbocycles. The van der Waals surface area contributed by atoms with E-state index in [2.05, 4.69) is 33.8 Å². The van der Waals surface area contributed by atoms with E-state index >= 15 is 0 Å². The number of rotatable bonds is 3. The SMILES string of the molecule is CC.CC.CC=NCC.CCN.COC.[CH2-]N=Cc1ccccc1.[CH2-]N=Cc1ccccc1.[Y].[Y]. The zero-order valence-electron chi connectivity index (χ0n) is 23.8. The zero-order chi connectivity index (χ0) is 26.6. The van der Waals surface area contributed by atoms with E-state index in [-0.39, 0.29) is 65.4 Å². The van der Waals surface area contributed by atoms with E-state index in [9.17, 15) is 0 Å². The van der Waals surface area contributed by atoms with Gasteiger partial charge in [-0.15, -0.1) is 12.4 Å². The average Bonchev–Trinajstić information content (AvgIpc) is 2.86. The average molecular weight is 637 g/mol. The summed E-state index contributed by atoms with van der Waals surface area (Å²) in [6.45, 7) is 15.5. The number of methoxy groups -OCH3 is 1. The van der Waals surface area contributed by atoms with E-state index < -0.39 is 0 Å². The second-order valence-electron chi connectivity index (χ2n) is 5.02. The van der Waals surface area contributed by atoms with Gasteiger partial charge in [0, 0.05) is 86.2 Å². The van der Waals surface area contributed by atoms with Crippen LogP contribution in [0.25, 0.3) is 0 Å². The van der Waals surface area contributed by atoms with Crippen molar-refractivity contribution in [1.82, 2.24) is 0 Å². The molecule has 2 rings (SSSR count). The smallest absolute Gasteiger partial charge is 0.0356 e. The molecule has 0 spiro atoms. The van der Waals surface area contributed by atoms with Gasteiger partial charge >= 0.3 is 0 Å². The molecule has 2 aromatic carbocycles. The van der Waals surface area contributed by atoms with Gasteiger partial charge in [0.25, 0.3) is 0 Å². The van der Waals surface area contributed by atoms with E-state index in [1.165, 1.54) is 0 Å². The number of hydrogen-bond donors (Lipinski definition) is 1. The van der Waals surface area contributed by atoms with Crippen LogP contribution < -0.4 is 5.73 Å². The Morgan fingerprint density at radius 1 is 0.743 bits per heavy atom. The third-order valence-electron chi connectivity index (χ3n) is 2.45. The van der Waals surface area contributed by atoms with Crippen LogP contribution in [-0.2, 0) is 70.2 Å². The van der Waals surface area contributed by atoms with Crippen molar-refractivity contribution in [3.63, 3.8) is 0 Å². The van der Waals surface area contributed by atoms with Crippen molar-refractivity contribution in [3.8, 4) is 0 Å². The fourth-order valence-corrected chi connectivity index (χ4v) is 1.47. The normalized spacial score (nSPS) is 8.06. The largest absolute Gasteiger partial charge is 0.456 e. The molecule has 0 fully saturated rings. The third kappa shape index (κ3) is 60.1. The second kappa shape index (κ2) is 58.8. The third-order valence-corrected chi connectivity index (χ3v) is 2.45. The maximum absolute atomic E-state index is 4.85. The van der Waals surface area contributed by atoms with Crippen LogP contribution in [0.2, 0.25) is 0 Å². The van der Waals surface area contributed by atoms with Crippen molar-refractivity contribution >= 4 is 18.6 Å². The quantitative estimate of drug-likeness (QED) is 0.287. The van der Waals surface area contributed by atoms with Crippen LogP contribution in [0.5, 0.6) is 0 Å². The molecule has 2 N–H and O–H groups in total. The van der Waals surface area contributed by atoms with Gasteiger partial charge in [0.15, 0.2) is 0 Å². The van der Waals surface area contributed by atoms with Crippen LogP contribution in [0.1, 0.15) is 59.6 Å². The Balaban J connectivity index is -0.0000000566. The van der Waals surface area contributed by atoms with Crippen LogP contribution in [0.3, 0.4) is 0 Å². The number of benzene rings is 2. The molecule has 0 unspecified atom stereocenters. The Morgan fingerprint density at radius 3 is 1.14 bits per heavy atom. The van der Waals surface area contributed by atoms with Gasteiger partial charge in [0.05, 0.1) is 0 Å². The molecule has 0 amide bonds.